The monoisotopic (exact) mass is 373 g/mol. The lowest BCUT2D eigenvalue weighted by atomic mass is 10.0. The van der Waals surface area contributed by atoms with Gasteiger partial charge in [-0.15, -0.1) is 0 Å². The average molecular weight is 373 g/mol. The van der Waals surface area contributed by atoms with Crippen LogP contribution in [0.25, 0.3) is 11.1 Å². The highest BCUT2D eigenvalue weighted by atomic mass is 16.5. The molecule has 0 spiro atoms. The van der Waals surface area contributed by atoms with E-state index in [1.165, 1.54) is 0 Å². The van der Waals surface area contributed by atoms with E-state index in [1.54, 1.807) is 7.11 Å². The van der Waals surface area contributed by atoms with E-state index < -0.39 is 0 Å². The van der Waals surface area contributed by atoms with Crippen LogP contribution in [-0.4, -0.2) is 18.8 Å². The number of methoxy groups -OCH3 is 1. The van der Waals surface area contributed by atoms with E-state index in [-0.39, 0.29) is 24.5 Å². The molecule has 0 unspecified atom stereocenters. The number of hydrogen-bond donors (Lipinski definition) is 1. The lowest BCUT2D eigenvalue weighted by Crippen LogP contribution is -2.23. The molecule has 3 aromatic rings. The fraction of sp³-hybridized carbons (Fsp3) is 0.167. The Bertz CT molecular complexity index is 916. The molecule has 4 heteroatoms. The largest absolute Gasteiger partial charge is 0.497 e. The third-order valence-corrected chi connectivity index (χ3v) is 4.54. The average Bonchev–Trinajstić information content (AvgIpc) is 2.77. The van der Waals surface area contributed by atoms with Crippen LogP contribution in [0.3, 0.4) is 0 Å². The van der Waals surface area contributed by atoms with Gasteiger partial charge in [-0.3, -0.25) is 9.59 Å². The summed E-state index contributed by atoms with van der Waals surface area (Å²) < 4.78 is 5.11. The zero-order valence-corrected chi connectivity index (χ0v) is 15.9. The van der Waals surface area contributed by atoms with Crippen LogP contribution in [0.4, 0.5) is 0 Å². The number of hydrogen-bond acceptors (Lipinski definition) is 3. The summed E-state index contributed by atoms with van der Waals surface area (Å²) in [5, 5.41) is 2.84. The molecule has 1 amide bonds. The lowest BCUT2D eigenvalue weighted by Gasteiger charge is -2.07. The first-order valence-corrected chi connectivity index (χ1v) is 9.24. The highest BCUT2D eigenvalue weighted by Gasteiger charge is 2.10. The van der Waals surface area contributed by atoms with E-state index >= 15 is 0 Å². The summed E-state index contributed by atoms with van der Waals surface area (Å²) in [5.74, 6) is 0.614. The van der Waals surface area contributed by atoms with Crippen LogP contribution in [0.15, 0.2) is 78.9 Å². The van der Waals surface area contributed by atoms with Gasteiger partial charge in [0.15, 0.2) is 5.78 Å². The third kappa shape index (κ3) is 5.30. The summed E-state index contributed by atoms with van der Waals surface area (Å²) in [6.45, 7) is 0.433. The van der Waals surface area contributed by atoms with Gasteiger partial charge in [0.1, 0.15) is 5.75 Å². The maximum absolute atomic E-state index is 12.3. The predicted octanol–water partition coefficient (Wildman–Crippen LogP) is 4.64. The van der Waals surface area contributed by atoms with Gasteiger partial charge in [0.25, 0.3) is 0 Å². The molecule has 0 aliphatic rings. The Morgan fingerprint density at radius 1 is 0.786 bits per heavy atom. The van der Waals surface area contributed by atoms with E-state index in [0.29, 0.717) is 12.1 Å². The van der Waals surface area contributed by atoms with E-state index in [9.17, 15) is 9.59 Å². The van der Waals surface area contributed by atoms with E-state index in [4.69, 9.17) is 4.74 Å². The van der Waals surface area contributed by atoms with Crippen molar-refractivity contribution in [3.63, 3.8) is 0 Å². The second kappa shape index (κ2) is 9.51. The summed E-state index contributed by atoms with van der Waals surface area (Å²) in [7, 11) is 1.61. The highest BCUT2D eigenvalue weighted by Crippen LogP contribution is 2.20. The van der Waals surface area contributed by atoms with E-state index in [1.807, 2.05) is 78.9 Å². The van der Waals surface area contributed by atoms with Crippen molar-refractivity contribution in [1.82, 2.24) is 5.32 Å². The van der Waals surface area contributed by atoms with E-state index in [0.717, 1.165) is 22.4 Å². The second-order valence-electron chi connectivity index (χ2n) is 6.49. The molecule has 0 fully saturated rings. The third-order valence-electron chi connectivity index (χ3n) is 4.54. The Labute approximate surface area is 165 Å². The maximum atomic E-state index is 12.3. The topological polar surface area (TPSA) is 55.4 Å². The minimum Gasteiger partial charge on any atom is -0.497 e. The summed E-state index contributed by atoms with van der Waals surface area (Å²) in [6, 6.07) is 25.0. The molecule has 0 aliphatic carbocycles. The second-order valence-corrected chi connectivity index (χ2v) is 6.49. The molecule has 0 radical (unpaired) electrons. The standard InChI is InChI=1S/C24H23NO3/c1-28-22-13-7-18(8-14-22)17-25-24(27)16-15-23(26)21-11-9-20(10-12-21)19-5-3-2-4-6-19/h2-14H,15-17H2,1H3,(H,25,27). The van der Waals surface area contributed by atoms with Gasteiger partial charge in [-0.05, 0) is 28.8 Å². The number of nitrogens with one attached hydrogen (secondary N) is 1. The van der Waals surface area contributed by atoms with Crippen LogP contribution in [0.2, 0.25) is 0 Å². The molecule has 0 heterocycles. The molecule has 0 aliphatic heterocycles. The summed E-state index contributed by atoms with van der Waals surface area (Å²) >= 11 is 0. The van der Waals surface area contributed by atoms with Crippen LogP contribution < -0.4 is 10.1 Å². The SMILES string of the molecule is COc1ccc(CNC(=O)CCC(=O)c2ccc(-c3ccccc3)cc2)cc1. The number of ketones is 1. The number of ether oxygens (including phenoxy) is 1. The van der Waals surface area contributed by atoms with Crippen molar-refractivity contribution in [3.8, 4) is 16.9 Å². The molecule has 0 saturated carbocycles. The molecule has 3 aromatic carbocycles. The molecule has 0 bridgehead atoms. The number of benzene rings is 3. The zero-order valence-electron chi connectivity index (χ0n) is 15.9. The minimum absolute atomic E-state index is 0.0285. The van der Waals surface area contributed by atoms with Crippen molar-refractivity contribution >= 4 is 11.7 Å². The van der Waals surface area contributed by atoms with E-state index in [2.05, 4.69) is 5.32 Å². The van der Waals surface area contributed by atoms with Crippen molar-refractivity contribution in [2.24, 2.45) is 0 Å². The summed E-state index contributed by atoms with van der Waals surface area (Å²) in [4.78, 5) is 24.4. The van der Waals surface area contributed by atoms with Gasteiger partial charge in [-0.1, -0.05) is 66.7 Å². The van der Waals surface area contributed by atoms with Gasteiger partial charge in [0, 0.05) is 24.9 Å². The number of carbonyl (C=O) groups excluding carboxylic acids is 2. The fourth-order valence-electron chi connectivity index (χ4n) is 2.88. The summed E-state index contributed by atoms with van der Waals surface area (Å²) in [5.41, 5.74) is 3.79. The Hall–Kier alpha value is -3.40. The Morgan fingerprint density at radius 3 is 2.07 bits per heavy atom. The Morgan fingerprint density at radius 2 is 1.43 bits per heavy atom. The zero-order chi connectivity index (χ0) is 19.8. The van der Waals surface area contributed by atoms with Crippen LogP contribution >= 0.6 is 0 Å². The van der Waals surface area contributed by atoms with Gasteiger partial charge in [0.05, 0.1) is 7.11 Å². The maximum Gasteiger partial charge on any atom is 0.220 e. The van der Waals surface area contributed by atoms with Crippen molar-refractivity contribution < 1.29 is 14.3 Å². The van der Waals surface area contributed by atoms with Crippen molar-refractivity contribution in [1.29, 1.82) is 0 Å². The number of amides is 1. The molecule has 0 aromatic heterocycles. The molecule has 0 saturated heterocycles. The highest BCUT2D eigenvalue weighted by molar-refractivity contribution is 5.98. The number of Topliss-reactive ketones (excluding diaryl/α,β-unsaturated/α-hetero) is 1. The molecule has 142 valence electrons. The smallest absolute Gasteiger partial charge is 0.220 e. The molecular formula is C24H23NO3. The van der Waals surface area contributed by atoms with Crippen molar-refractivity contribution in [2.75, 3.05) is 7.11 Å². The van der Waals surface area contributed by atoms with Crippen LogP contribution in [-0.2, 0) is 11.3 Å². The molecule has 0 atom stereocenters. The lowest BCUT2D eigenvalue weighted by molar-refractivity contribution is -0.121. The molecule has 3 rings (SSSR count). The van der Waals surface area contributed by atoms with Gasteiger partial charge in [0.2, 0.25) is 5.91 Å². The Kier molecular flexibility index (Phi) is 6.58. The number of rotatable bonds is 8. The van der Waals surface area contributed by atoms with Crippen molar-refractivity contribution in [2.45, 2.75) is 19.4 Å². The van der Waals surface area contributed by atoms with Gasteiger partial charge < -0.3 is 10.1 Å². The molecular weight excluding hydrogens is 350 g/mol. The molecule has 4 nitrogen and oxygen atoms in total. The molecule has 1 N–H and O–H groups in total. The van der Waals surface area contributed by atoms with Gasteiger partial charge >= 0.3 is 0 Å². The first-order valence-electron chi connectivity index (χ1n) is 9.24. The first kappa shape index (κ1) is 19.4. The quantitative estimate of drug-likeness (QED) is 0.585. The van der Waals surface area contributed by atoms with Crippen LogP contribution in [0.1, 0.15) is 28.8 Å². The normalized spacial score (nSPS) is 10.3. The number of carbonyl (C=O) groups is 2. The van der Waals surface area contributed by atoms with Crippen molar-refractivity contribution in [3.05, 3.63) is 90.0 Å². The minimum atomic E-state index is -0.134. The van der Waals surface area contributed by atoms with Gasteiger partial charge in [-0.25, -0.2) is 0 Å². The molecule has 28 heavy (non-hydrogen) atoms. The predicted molar refractivity (Wildman–Crippen MR) is 110 cm³/mol. The summed E-state index contributed by atoms with van der Waals surface area (Å²) in [6.07, 6.45) is 0.370. The first-order chi connectivity index (χ1) is 13.7. The fourth-order valence-corrected chi connectivity index (χ4v) is 2.88. The van der Waals surface area contributed by atoms with Crippen LogP contribution in [0, 0.1) is 0 Å². The Balaban J connectivity index is 1.47. The van der Waals surface area contributed by atoms with Gasteiger partial charge in [-0.2, -0.15) is 0 Å². The van der Waals surface area contributed by atoms with Crippen LogP contribution in [0.5, 0.6) is 5.75 Å².